The highest BCUT2D eigenvalue weighted by Gasteiger charge is 2.29. The number of benzene rings is 3. The zero-order valence-corrected chi connectivity index (χ0v) is 21.4. The minimum Gasteiger partial charge on any atom is -0.350 e. The summed E-state index contributed by atoms with van der Waals surface area (Å²) in [5.41, 5.74) is 1.50. The van der Waals surface area contributed by atoms with E-state index in [4.69, 9.17) is 11.6 Å². The third-order valence-electron chi connectivity index (χ3n) is 5.49. The van der Waals surface area contributed by atoms with Crippen molar-refractivity contribution in [3.8, 4) is 0 Å². The van der Waals surface area contributed by atoms with Crippen molar-refractivity contribution in [3.05, 3.63) is 88.9 Å². The largest absolute Gasteiger partial charge is 0.350 e. The number of sulfonamides is 1. The Hall–Kier alpha value is -3.36. The van der Waals surface area contributed by atoms with Gasteiger partial charge in [-0.3, -0.25) is 13.9 Å². The van der Waals surface area contributed by atoms with Gasteiger partial charge in [-0.05, 0) is 62.2 Å². The van der Waals surface area contributed by atoms with Crippen molar-refractivity contribution in [2.75, 3.05) is 16.2 Å². The van der Waals surface area contributed by atoms with E-state index >= 15 is 0 Å². The molecular weight excluding hydrogens is 486 g/mol. The fraction of sp³-hybridized carbons (Fsp3) is 0.231. The molecule has 0 radical (unpaired) electrons. The maximum absolute atomic E-state index is 13.6. The van der Waals surface area contributed by atoms with Gasteiger partial charge in [-0.2, -0.15) is 0 Å². The molecule has 3 rings (SSSR count). The second-order valence-electron chi connectivity index (χ2n) is 8.13. The van der Waals surface area contributed by atoms with Crippen LogP contribution < -0.4 is 14.9 Å². The summed E-state index contributed by atoms with van der Waals surface area (Å²) < 4.78 is 28.1. The summed E-state index contributed by atoms with van der Waals surface area (Å²) in [6.07, 6.45) is 0.756. The third-order valence-corrected chi connectivity index (χ3v) is 7.50. The van der Waals surface area contributed by atoms with Crippen molar-refractivity contribution < 1.29 is 18.0 Å². The van der Waals surface area contributed by atoms with Gasteiger partial charge in [0, 0.05) is 11.1 Å². The first-order valence-corrected chi connectivity index (χ1v) is 13.0. The normalized spacial score (nSPS) is 12.0. The van der Waals surface area contributed by atoms with Crippen molar-refractivity contribution in [1.29, 1.82) is 0 Å². The molecule has 3 aromatic carbocycles. The highest BCUT2D eigenvalue weighted by Crippen LogP contribution is 2.29. The van der Waals surface area contributed by atoms with Crippen LogP contribution in [0.25, 0.3) is 0 Å². The summed E-state index contributed by atoms with van der Waals surface area (Å²) in [7, 11) is -4.09. The number of hydrogen-bond donors (Lipinski definition) is 2. The van der Waals surface area contributed by atoms with Crippen LogP contribution >= 0.6 is 11.6 Å². The monoisotopic (exact) mass is 513 g/mol. The number of anilines is 2. The smallest absolute Gasteiger partial charge is 0.264 e. The molecule has 2 N–H and O–H groups in total. The lowest BCUT2D eigenvalue weighted by Gasteiger charge is -2.26. The third kappa shape index (κ3) is 6.41. The molecule has 0 heterocycles. The zero-order chi connectivity index (χ0) is 25.6. The van der Waals surface area contributed by atoms with Crippen LogP contribution in [0, 0.1) is 6.92 Å². The Morgan fingerprint density at radius 2 is 1.66 bits per heavy atom. The quantitative estimate of drug-likeness (QED) is 0.420. The highest BCUT2D eigenvalue weighted by atomic mass is 35.5. The number of rotatable bonds is 9. The van der Waals surface area contributed by atoms with Gasteiger partial charge in [0.25, 0.3) is 15.9 Å². The molecule has 1 atom stereocenters. The van der Waals surface area contributed by atoms with E-state index in [1.54, 1.807) is 61.5 Å². The molecule has 0 saturated heterocycles. The molecule has 9 heteroatoms. The molecule has 0 aromatic heterocycles. The van der Waals surface area contributed by atoms with Gasteiger partial charge in [-0.15, -0.1) is 0 Å². The SMILES string of the molecule is CC[C@@H](C)NC(=O)c1ccccc1NC(=O)CN(c1cc(Cl)ccc1C)S(=O)(=O)c1ccccc1. The Balaban J connectivity index is 1.95. The molecule has 2 amide bonds. The van der Waals surface area contributed by atoms with Crippen molar-refractivity contribution in [2.45, 2.75) is 38.1 Å². The minimum absolute atomic E-state index is 0.0384. The minimum atomic E-state index is -4.09. The molecule has 0 aliphatic heterocycles. The lowest BCUT2D eigenvalue weighted by Crippen LogP contribution is -2.39. The molecule has 0 bridgehead atoms. The Kier molecular flexibility index (Phi) is 8.53. The molecule has 7 nitrogen and oxygen atoms in total. The Morgan fingerprint density at radius 3 is 2.34 bits per heavy atom. The summed E-state index contributed by atoms with van der Waals surface area (Å²) in [6.45, 7) is 5.07. The molecule has 35 heavy (non-hydrogen) atoms. The molecule has 3 aromatic rings. The number of para-hydroxylation sites is 1. The van der Waals surface area contributed by atoms with E-state index in [0.717, 1.165) is 10.7 Å². The van der Waals surface area contributed by atoms with Crippen LogP contribution in [0.3, 0.4) is 0 Å². The number of nitrogens with one attached hydrogen (secondary N) is 2. The van der Waals surface area contributed by atoms with Gasteiger partial charge >= 0.3 is 0 Å². The van der Waals surface area contributed by atoms with Gasteiger partial charge in [0.05, 0.1) is 21.8 Å². The summed E-state index contributed by atoms with van der Waals surface area (Å²) in [4.78, 5) is 25.9. The number of halogens is 1. The van der Waals surface area contributed by atoms with Crippen molar-refractivity contribution in [1.82, 2.24) is 5.32 Å². The van der Waals surface area contributed by atoms with E-state index in [-0.39, 0.29) is 28.1 Å². The van der Waals surface area contributed by atoms with E-state index in [0.29, 0.717) is 16.3 Å². The van der Waals surface area contributed by atoms with Gasteiger partial charge in [0.1, 0.15) is 6.54 Å². The average molecular weight is 514 g/mol. The molecule has 184 valence electrons. The summed E-state index contributed by atoms with van der Waals surface area (Å²) in [5.74, 6) is -0.928. The lowest BCUT2D eigenvalue weighted by atomic mass is 10.1. The second-order valence-corrected chi connectivity index (χ2v) is 10.4. The van der Waals surface area contributed by atoms with Gasteiger partial charge in [-0.1, -0.05) is 54.9 Å². The number of nitrogens with zero attached hydrogens (tertiary/aromatic N) is 1. The first kappa shape index (κ1) is 26.2. The van der Waals surface area contributed by atoms with E-state index < -0.39 is 22.5 Å². The van der Waals surface area contributed by atoms with Crippen LogP contribution in [0.5, 0.6) is 0 Å². The predicted octanol–water partition coefficient (Wildman–Crippen LogP) is 5.01. The number of carbonyl (C=O) groups is 2. The second kappa shape index (κ2) is 11.4. The standard InChI is InChI=1S/C26H28ClN3O4S/c1-4-19(3)28-26(32)22-12-8-9-13-23(22)29-25(31)17-30(24-16-20(27)15-14-18(24)2)35(33,34)21-10-6-5-7-11-21/h5-16,19H,4,17H2,1-3H3,(H,28,32)(H,29,31)/t19-/m1/s1. The lowest BCUT2D eigenvalue weighted by molar-refractivity contribution is -0.114. The number of hydrogen-bond acceptors (Lipinski definition) is 4. The first-order chi connectivity index (χ1) is 16.6. The first-order valence-electron chi connectivity index (χ1n) is 11.2. The highest BCUT2D eigenvalue weighted by molar-refractivity contribution is 7.92. The van der Waals surface area contributed by atoms with E-state index in [1.165, 1.54) is 18.2 Å². The van der Waals surface area contributed by atoms with Gasteiger partial charge < -0.3 is 10.6 Å². The topological polar surface area (TPSA) is 95.6 Å². The molecule has 0 spiro atoms. The predicted molar refractivity (Wildman–Crippen MR) is 139 cm³/mol. The van der Waals surface area contributed by atoms with Crippen LogP contribution in [0.2, 0.25) is 5.02 Å². The number of carbonyl (C=O) groups excluding carboxylic acids is 2. The number of amides is 2. The van der Waals surface area contributed by atoms with Gasteiger partial charge in [0.15, 0.2) is 0 Å². The van der Waals surface area contributed by atoms with Crippen LogP contribution in [-0.2, 0) is 14.8 Å². The van der Waals surface area contributed by atoms with E-state index in [1.807, 2.05) is 13.8 Å². The summed E-state index contributed by atoms with van der Waals surface area (Å²) >= 11 is 6.17. The maximum atomic E-state index is 13.6. The van der Waals surface area contributed by atoms with Gasteiger partial charge in [-0.25, -0.2) is 8.42 Å². The van der Waals surface area contributed by atoms with Crippen LogP contribution in [-0.4, -0.2) is 32.8 Å². The number of aryl methyl sites for hydroxylation is 1. The Labute approximate surface area is 211 Å². The molecular formula is C26H28ClN3O4S. The molecule has 0 fully saturated rings. The average Bonchev–Trinajstić information content (AvgIpc) is 2.84. The molecule has 0 aliphatic rings. The van der Waals surface area contributed by atoms with Crippen molar-refractivity contribution >= 4 is 44.8 Å². The van der Waals surface area contributed by atoms with E-state index in [2.05, 4.69) is 10.6 Å². The molecule has 0 unspecified atom stereocenters. The zero-order valence-electron chi connectivity index (χ0n) is 19.8. The van der Waals surface area contributed by atoms with Crippen LogP contribution in [0.15, 0.2) is 77.7 Å². The fourth-order valence-electron chi connectivity index (χ4n) is 3.38. The van der Waals surface area contributed by atoms with Crippen LogP contribution in [0.1, 0.15) is 36.2 Å². The van der Waals surface area contributed by atoms with Crippen molar-refractivity contribution in [2.24, 2.45) is 0 Å². The van der Waals surface area contributed by atoms with Crippen molar-refractivity contribution in [3.63, 3.8) is 0 Å². The summed E-state index contributed by atoms with van der Waals surface area (Å²) in [6, 6.07) is 19.3. The summed E-state index contributed by atoms with van der Waals surface area (Å²) in [5, 5.41) is 5.92. The molecule has 0 aliphatic carbocycles. The van der Waals surface area contributed by atoms with Crippen LogP contribution in [0.4, 0.5) is 11.4 Å². The maximum Gasteiger partial charge on any atom is 0.264 e. The molecule has 0 saturated carbocycles. The fourth-order valence-corrected chi connectivity index (χ4v) is 5.05. The Morgan fingerprint density at radius 1 is 1.00 bits per heavy atom. The van der Waals surface area contributed by atoms with E-state index in [9.17, 15) is 18.0 Å². The van der Waals surface area contributed by atoms with Gasteiger partial charge in [0.2, 0.25) is 5.91 Å². The Bertz CT molecular complexity index is 1310.